The van der Waals surface area contributed by atoms with E-state index in [4.69, 9.17) is 16.3 Å². The summed E-state index contributed by atoms with van der Waals surface area (Å²) in [5.74, 6) is -0.146. The van der Waals surface area contributed by atoms with Crippen LogP contribution in [0.15, 0.2) is 18.2 Å². The highest BCUT2D eigenvalue weighted by atomic mass is 35.5. The average Bonchev–Trinajstić information content (AvgIpc) is 2.47. The summed E-state index contributed by atoms with van der Waals surface area (Å²) in [7, 11) is 0. The van der Waals surface area contributed by atoms with Crippen LogP contribution in [0.25, 0.3) is 0 Å². The number of carbonyl (C=O) groups is 1. The summed E-state index contributed by atoms with van der Waals surface area (Å²) in [6, 6.07) is 5.46. The lowest BCUT2D eigenvalue weighted by molar-refractivity contribution is 0.0343. The van der Waals surface area contributed by atoms with E-state index >= 15 is 0 Å². The molecule has 0 radical (unpaired) electrons. The second-order valence-corrected chi connectivity index (χ2v) is 5.39. The first-order valence-electron chi connectivity index (χ1n) is 7.04. The first-order valence-corrected chi connectivity index (χ1v) is 7.42. The molecule has 0 bridgehead atoms. The summed E-state index contributed by atoms with van der Waals surface area (Å²) in [4.78, 5) is 12.0. The highest BCUT2D eigenvalue weighted by molar-refractivity contribution is 6.34. The fourth-order valence-electron chi connectivity index (χ4n) is 2.27. The molecule has 4 nitrogen and oxygen atoms in total. The van der Waals surface area contributed by atoms with Crippen molar-refractivity contribution in [2.24, 2.45) is 0 Å². The van der Waals surface area contributed by atoms with Crippen LogP contribution in [0.2, 0.25) is 5.02 Å². The number of ether oxygens (including phenoxy) is 1. The van der Waals surface area contributed by atoms with Crippen LogP contribution >= 0.6 is 11.6 Å². The van der Waals surface area contributed by atoms with E-state index in [-0.39, 0.29) is 5.91 Å². The summed E-state index contributed by atoms with van der Waals surface area (Å²) in [5, 5.41) is 6.65. The average molecular weight is 297 g/mol. The van der Waals surface area contributed by atoms with E-state index < -0.39 is 0 Å². The lowest BCUT2D eigenvalue weighted by Crippen LogP contribution is -2.34. The molecule has 1 heterocycles. The Morgan fingerprint density at radius 1 is 1.45 bits per heavy atom. The van der Waals surface area contributed by atoms with E-state index in [2.05, 4.69) is 10.6 Å². The van der Waals surface area contributed by atoms with Crippen molar-refractivity contribution in [3.8, 4) is 0 Å². The Labute approximate surface area is 124 Å². The number of benzene rings is 1. The Kier molecular flexibility index (Phi) is 5.83. The Morgan fingerprint density at radius 3 is 2.95 bits per heavy atom. The predicted molar refractivity (Wildman–Crippen MR) is 80.4 cm³/mol. The van der Waals surface area contributed by atoms with E-state index in [0.29, 0.717) is 29.8 Å². The molecule has 1 aliphatic rings. The van der Waals surface area contributed by atoms with Crippen LogP contribution in [-0.4, -0.2) is 38.3 Å². The first-order chi connectivity index (χ1) is 9.68. The minimum atomic E-state index is -0.146. The number of piperidine rings is 1. The fourth-order valence-corrected chi connectivity index (χ4v) is 2.48. The van der Waals surface area contributed by atoms with Crippen molar-refractivity contribution in [2.45, 2.75) is 25.9 Å². The molecule has 2 rings (SSSR count). The van der Waals surface area contributed by atoms with E-state index in [0.717, 1.165) is 31.5 Å². The SMILES string of the molecule is Cc1cccc(C(=O)NCCOC2CCNCC2)c1Cl. The molecule has 0 unspecified atom stereocenters. The predicted octanol–water partition coefficient (Wildman–Crippen LogP) is 2.15. The van der Waals surface area contributed by atoms with Crippen molar-refractivity contribution in [1.29, 1.82) is 0 Å². The Bertz CT molecular complexity index is 459. The molecule has 0 aromatic heterocycles. The lowest BCUT2D eigenvalue weighted by atomic mass is 10.1. The van der Waals surface area contributed by atoms with Gasteiger partial charge in [-0.15, -0.1) is 0 Å². The van der Waals surface area contributed by atoms with Crippen molar-refractivity contribution in [1.82, 2.24) is 10.6 Å². The molecule has 1 amide bonds. The summed E-state index contributed by atoms with van der Waals surface area (Å²) in [6.07, 6.45) is 2.39. The highest BCUT2D eigenvalue weighted by Crippen LogP contribution is 2.19. The lowest BCUT2D eigenvalue weighted by Gasteiger charge is -2.22. The summed E-state index contributed by atoms with van der Waals surface area (Å²) >= 11 is 6.12. The fraction of sp³-hybridized carbons (Fsp3) is 0.533. The van der Waals surface area contributed by atoms with Gasteiger partial charge in [0.05, 0.1) is 23.3 Å². The maximum absolute atomic E-state index is 12.0. The van der Waals surface area contributed by atoms with Crippen LogP contribution in [0, 0.1) is 6.92 Å². The summed E-state index contributed by atoms with van der Waals surface area (Å²) in [5.41, 5.74) is 1.43. The van der Waals surface area contributed by atoms with Gasteiger partial charge in [0, 0.05) is 6.54 Å². The molecule has 0 aliphatic carbocycles. The van der Waals surface area contributed by atoms with E-state index in [1.165, 1.54) is 0 Å². The van der Waals surface area contributed by atoms with Gasteiger partial charge in [-0.3, -0.25) is 4.79 Å². The molecule has 20 heavy (non-hydrogen) atoms. The Morgan fingerprint density at radius 2 is 2.20 bits per heavy atom. The largest absolute Gasteiger partial charge is 0.376 e. The van der Waals surface area contributed by atoms with Crippen LogP contribution in [0.3, 0.4) is 0 Å². The highest BCUT2D eigenvalue weighted by Gasteiger charge is 2.14. The van der Waals surface area contributed by atoms with Gasteiger partial charge in [0.2, 0.25) is 0 Å². The molecule has 1 aromatic rings. The molecule has 2 N–H and O–H groups in total. The third-order valence-electron chi connectivity index (χ3n) is 3.46. The number of halogens is 1. The second-order valence-electron chi connectivity index (χ2n) is 5.01. The Hall–Kier alpha value is -1.10. The summed E-state index contributed by atoms with van der Waals surface area (Å²) in [6.45, 7) is 4.96. The standard InChI is InChI=1S/C15H21ClN2O2/c1-11-3-2-4-13(14(11)16)15(19)18-9-10-20-12-5-7-17-8-6-12/h2-4,12,17H,5-10H2,1H3,(H,18,19). The summed E-state index contributed by atoms with van der Waals surface area (Å²) < 4.78 is 5.74. The molecule has 1 fully saturated rings. The van der Waals surface area contributed by atoms with Crippen LogP contribution in [0.1, 0.15) is 28.8 Å². The van der Waals surface area contributed by atoms with E-state index in [1.807, 2.05) is 19.1 Å². The Balaban J connectivity index is 1.73. The molecule has 1 aliphatic heterocycles. The van der Waals surface area contributed by atoms with Crippen molar-refractivity contribution in [3.05, 3.63) is 34.3 Å². The number of amides is 1. The van der Waals surface area contributed by atoms with Crippen LogP contribution < -0.4 is 10.6 Å². The topological polar surface area (TPSA) is 50.4 Å². The zero-order valence-electron chi connectivity index (χ0n) is 11.7. The van der Waals surface area contributed by atoms with Gasteiger partial charge in [-0.1, -0.05) is 23.7 Å². The molecule has 1 saturated heterocycles. The minimum absolute atomic E-state index is 0.146. The maximum atomic E-state index is 12.0. The molecule has 1 aromatic carbocycles. The smallest absolute Gasteiger partial charge is 0.252 e. The van der Waals surface area contributed by atoms with Gasteiger partial charge < -0.3 is 15.4 Å². The van der Waals surface area contributed by atoms with Crippen molar-refractivity contribution >= 4 is 17.5 Å². The number of hydrogen-bond donors (Lipinski definition) is 2. The number of aryl methyl sites for hydroxylation is 1. The van der Waals surface area contributed by atoms with Crippen molar-refractivity contribution in [3.63, 3.8) is 0 Å². The van der Waals surface area contributed by atoms with Gasteiger partial charge in [0.1, 0.15) is 0 Å². The van der Waals surface area contributed by atoms with Gasteiger partial charge >= 0.3 is 0 Å². The third-order valence-corrected chi connectivity index (χ3v) is 3.97. The molecule has 0 saturated carbocycles. The maximum Gasteiger partial charge on any atom is 0.252 e. The number of hydrogen-bond acceptors (Lipinski definition) is 3. The van der Waals surface area contributed by atoms with Gasteiger partial charge in [-0.25, -0.2) is 0 Å². The molecule has 0 spiro atoms. The van der Waals surface area contributed by atoms with Gasteiger partial charge in [-0.05, 0) is 44.5 Å². The van der Waals surface area contributed by atoms with Crippen LogP contribution in [0.5, 0.6) is 0 Å². The molecular formula is C15H21ClN2O2. The zero-order chi connectivity index (χ0) is 14.4. The van der Waals surface area contributed by atoms with E-state index in [1.54, 1.807) is 6.07 Å². The zero-order valence-corrected chi connectivity index (χ0v) is 12.5. The number of rotatable bonds is 5. The quantitative estimate of drug-likeness (QED) is 0.819. The molecular weight excluding hydrogens is 276 g/mol. The monoisotopic (exact) mass is 296 g/mol. The second kappa shape index (κ2) is 7.62. The first kappa shape index (κ1) is 15.3. The van der Waals surface area contributed by atoms with Crippen molar-refractivity contribution < 1.29 is 9.53 Å². The molecule has 110 valence electrons. The van der Waals surface area contributed by atoms with Gasteiger partial charge in [0.15, 0.2) is 0 Å². The van der Waals surface area contributed by atoms with E-state index in [9.17, 15) is 4.79 Å². The number of nitrogens with one attached hydrogen (secondary N) is 2. The van der Waals surface area contributed by atoms with Crippen LogP contribution in [-0.2, 0) is 4.74 Å². The number of carbonyl (C=O) groups excluding carboxylic acids is 1. The molecule has 0 atom stereocenters. The minimum Gasteiger partial charge on any atom is -0.376 e. The van der Waals surface area contributed by atoms with Crippen molar-refractivity contribution in [2.75, 3.05) is 26.2 Å². The van der Waals surface area contributed by atoms with Gasteiger partial charge in [0.25, 0.3) is 5.91 Å². The normalized spacial score (nSPS) is 16.1. The molecule has 5 heteroatoms. The van der Waals surface area contributed by atoms with Gasteiger partial charge in [-0.2, -0.15) is 0 Å². The van der Waals surface area contributed by atoms with Crippen LogP contribution in [0.4, 0.5) is 0 Å². The third kappa shape index (κ3) is 4.20.